The molecule has 3 aromatic carbocycles. The zero-order chi connectivity index (χ0) is 28.5. The molecule has 40 heavy (non-hydrogen) atoms. The summed E-state index contributed by atoms with van der Waals surface area (Å²) >= 11 is 0. The Morgan fingerprint density at radius 2 is 1.43 bits per heavy atom. The normalized spacial score (nSPS) is 13.6. The van der Waals surface area contributed by atoms with Crippen LogP contribution in [0.5, 0.6) is 0 Å². The van der Waals surface area contributed by atoms with Crippen molar-refractivity contribution < 1.29 is 13.2 Å². The largest absolute Gasteiger partial charge is 0.362 e. The molecule has 0 saturated heterocycles. The minimum Gasteiger partial charge on any atom is -0.362 e. The predicted molar refractivity (Wildman–Crippen MR) is 174 cm³/mol. The van der Waals surface area contributed by atoms with Crippen LogP contribution >= 0.6 is 17.0 Å². The van der Waals surface area contributed by atoms with Crippen molar-refractivity contribution in [2.45, 2.75) is 32.6 Å². The first-order chi connectivity index (χ1) is 18.8. The second kappa shape index (κ2) is 18.9. The van der Waals surface area contributed by atoms with Crippen LogP contribution in [0, 0.1) is 0 Å². The van der Waals surface area contributed by atoms with E-state index in [0.29, 0.717) is 5.56 Å². The number of halogens is 1. The van der Waals surface area contributed by atoms with E-state index in [4.69, 9.17) is 0 Å². The van der Waals surface area contributed by atoms with E-state index in [9.17, 15) is 13.2 Å². The maximum absolute atomic E-state index is 11.2. The molecule has 1 heterocycles. The average molecular weight is 627 g/mol. The van der Waals surface area contributed by atoms with E-state index in [1.54, 1.807) is 18.2 Å². The number of ketones is 1. The van der Waals surface area contributed by atoms with Gasteiger partial charge in [0.2, 0.25) is 0 Å². The topological polar surface area (TPSA) is 78.8 Å². The van der Waals surface area contributed by atoms with Crippen LogP contribution in [0.4, 0.5) is 11.4 Å². The van der Waals surface area contributed by atoms with Gasteiger partial charge in [-0.05, 0) is 74.6 Å². The number of carbonyl (C=O) groups is 1. The van der Waals surface area contributed by atoms with E-state index in [0.717, 1.165) is 16.9 Å². The van der Waals surface area contributed by atoms with Crippen molar-refractivity contribution in [3.63, 3.8) is 0 Å². The van der Waals surface area contributed by atoms with Crippen molar-refractivity contribution in [1.29, 1.82) is 0 Å². The van der Waals surface area contributed by atoms with Gasteiger partial charge in [-0.3, -0.25) is 9.79 Å². The van der Waals surface area contributed by atoms with E-state index in [-0.39, 0.29) is 33.4 Å². The van der Waals surface area contributed by atoms with E-state index in [2.05, 4.69) is 36.0 Å². The van der Waals surface area contributed by atoms with E-state index >= 15 is 0 Å². The smallest absolute Gasteiger partial charge is 0.186 e. The lowest BCUT2D eigenvalue weighted by molar-refractivity contribution is 0.102. The summed E-state index contributed by atoms with van der Waals surface area (Å²) in [5, 5.41) is 3.22. The fourth-order valence-corrected chi connectivity index (χ4v) is 5.04. The van der Waals surface area contributed by atoms with E-state index in [1.807, 2.05) is 92.2 Å². The Labute approximate surface area is 250 Å². The van der Waals surface area contributed by atoms with Crippen LogP contribution in [0.25, 0.3) is 0 Å². The summed E-state index contributed by atoms with van der Waals surface area (Å²) in [6.45, 7) is 12.2. The molecule has 0 saturated carbocycles. The first kappa shape index (κ1) is 34.7. The minimum absolute atomic E-state index is 0. The molecule has 8 heteroatoms. The Balaban J connectivity index is 0.000000339. The number of sulfone groups is 1. The molecule has 0 radical (unpaired) electrons. The van der Waals surface area contributed by atoms with Gasteiger partial charge in [0.25, 0.3) is 0 Å². The van der Waals surface area contributed by atoms with Gasteiger partial charge in [-0.1, -0.05) is 75.4 Å². The number of aliphatic imine (C=N–C) groups is 1. The summed E-state index contributed by atoms with van der Waals surface area (Å²) in [5.74, 6) is -0.669. The molecule has 0 bridgehead atoms. The summed E-state index contributed by atoms with van der Waals surface area (Å²) < 4.78 is 22.5. The third-order valence-electron chi connectivity index (χ3n) is 5.87. The predicted octanol–water partition coefficient (Wildman–Crippen LogP) is 7.54. The number of hydrogen-bond donors (Lipinski definition) is 1. The number of fused-ring (bicyclic) bond motifs is 1. The highest BCUT2D eigenvalue weighted by Crippen LogP contribution is 2.24. The SMILES string of the molecule is Br.CC(C=CNc1ccccc1)=CC=Nc1ccccc1.CCN(CC)CC.O=C1CS(=O)(=O)c2ccccc21. The Morgan fingerprint density at radius 1 is 0.875 bits per heavy atom. The summed E-state index contributed by atoms with van der Waals surface area (Å²) in [4.78, 5) is 18.0. The summed E-state index contributed by atoms with van der Waals surface area (Å²) in [7, 11) is -3.30. The van der Waals surface area contributed by atoms with Gasteiger partial charge >= 0.3 is 0 Å². The molecule has 4 rings (SSSR count). The van der Waals surface area contributed by atoms with Gasteiger partial charge in [0.15, 0.2) is 15.6 Å². The van der Waals surface area contributed by atoms with Crippen molar-refractivity contribution in [3.05, 3.63) is 114 Å². The minimum atomic E-state index is -3.30. The van der Waals surface area contributed by atoms with Crippen LogP contribution in [0.2, 0.25) is 0 Å². The molecule has 1 aliphatic rings. The van der Waals surface area contributed by atoms with Gasteiger partial charge in [-0.2, -0.15) is 0 Å². The summed E-state index contributed by atoms with van der Waals surface area (Å²) in [6, 6.07) is 26.3. The fourth-order valence-electron chi connectivity index (χ4n) is 3.58. The zero-order valence-corrected chi connectivity index (χ0v) is 26.2. The maximum Gasteiger partial charge on any atom is 0.186 e. The van der Waals surface area contributed by atoms with Crippen LogP contribution in [0.3, 0.4) is 0 Å². The lowest BCUT2D eigenvalue weighted by Gasteiger charge is -2.13. The van der Waals surface area contributed by atoms with Gasteiger partial charge in [0, 0.05) is 23.7 Å². The lowest BCUT2D eigenvalue weighted by Crippen LogP contribution is -2.21. The van der Waals surface area contributed by atoms with Crippen molar-refractivity contribution in [1.82, 2.24) is 4.90 Å². The average Bonchev–Trinajstić information content (AvgIpc) is 3.19. The number of nitrogens with one attached hydrogen (secondary N) is 1. The number of benzene rings is 3. The van der Waals surface area contributed by atoms with Crippen molar-refractivity contribution >= 4 is 50.2 Å². The van der Waals surface area contributed by atoms with Crippen LogP contribution < -0.4 is 5.32 Å². The molecule has 0 amide bonds. The van der Waals surface area contributed by atoms with E-state index < -0.39 is 9.84 Å². The number of Topliss-reactive ketones (excluding diaryl/α,β-unsaturated/α-hetero) is 1. The maximum atomic E-state index is 11.2. The standard InChI is InChI=1S/C18H18N2.C8H6O3S.C6H15N.BrH/c1-16(12-14-19-17-8-4-2-5-9-17)13-15-20-18-10-6-3-7-11-18;9-7-5-12(10,11)8-4-2-1-3-6(7)8;1-4-7(5-2)6-3;/h2-15,19H,1H3;1-4H,5H2;4-6H2,1-3H3;1H. The van der Waals surface area contributed by atoms with Gasteiger partial charge < -0.3 is 10.2 Å². The Kier molecular flexibility index (Phi) is 16.4. The second-order valence-electron chi connectivity index (χ2n) is 8.67. The Bertz CT molecular complexity index is 1350. The second-order valence-corrected chi connectivity index (χ2v) is 10.6. The van der Waals surface area contributed by atoms with Crippen LogP contribution in [0.1, 0.15) is 38.1 Å². The number of rotatable bonds is 8. The molecule has 0 fully saturated rings. The van der Waals surface area contributed by atoms with Gasteiger partial charge in [-0.15, -0.1) is 17.0 Å². The number of hydrogen-bond acceptors (Lipinski definition) is 6. The molecule has 0 unspecified atom stereocenters. The third-order valence-corrected chi connectivity index (χ3v) is 7.54. The number of para-hydroxylation sites is 2. The number of nitrogens with zero attached hydrogens (tertiary/aromatic N) is 2. The highest BCUT2D eigenvalue weighted by atomic mass is 79.9. The zero-order valence-electron chi connectivity index (χ0n) is 23.7. The van der Waals surface area contributed by atoms with Gasteiger partial charge in [-0.25, -0.2) is 8.42 Å². The summed E-state index contributed by atoms with van der Waals surface area (Å²) in [6.07, 6.45) is 7.75. The van der Waals surface area contributed by atoms with Crippen molar-refractivity contribution in [3.8, 4) is 0 Å². The first-order valence-electron chi connectivity index (χ1n) is 13.1. The molecule has 0 atom stereocenters. The van der Waals surface area contributed by atoms with Gasteiger partial charge in [0.05, 0.1) is 10.6 Å². The lowest BCUT2D eigenvalue weighted by atomic mass is 10.2. The van der Waals surface area contributed by atoms with Crippen molar-refractivity contribution in [2.24, 2.45) is 4.99 Å². The molecule has 6 nitrogen and oxygen atoms in total. The molecule has 3 aromatic rings. The number of carbonyl (C=O) groups excluding carboxylic acids is 1. The highest BCUT2D eigenvalue weighted by molar-refractivity contribution is 8.93. The number of anilines is 1. The van der Waals surface area contributed by atoms with Crippen LogP contribution in [-0.2, 0) is 9.84 Å². The third kappa shape index (κ3) is 12.2. The fraction of sp³-hybridized carbons (Fsp3) is 0.250. The molecule has 0 aliphatic carbocycles. The summed E-state index contributed by atoms with van der Waals surface area (Å²) in [5.41, 5.74) is 3.50. The highest BCUT2D eigenvalue weighted by Gasteiger charge is 2.32. The molecule has 1 N–H and O–H groups in total. The molecule has 214 valence electrons. The molecular formula is C32H40BrN3O3S. The Hall–Kier alpha value is -3.33. The molecule has 0 spiro atoms. The van der Waals surface area contributed by atoms with Gasteiger partial charge in [0.1, 0.15) is 5.75 Å². The molecule has 0 aromatic heterocycles. The quantitative estimate of drug-likeness (QED) is 0.207. The van der Waals surface area contributed by atoms with Crippen molar-refractivity contribution in [2.75, 3.05) is 30.7 Å². The van der Waals surface area contributed by atoms with Crippen LogP contribution in [-0.4, -0.2) is 50.7 Å². The molecule has 1 aliphatic heterocycles. The number of allylic oxidation sites excluding steroid dienone is 3. The molecular weight excluding hydrogens is 586 g/mol. The van der Waals surface area contributed by atoms with Crippen LogP contribution in [0.15, 0.2) is 119 Å². The first-order valence-corrected chi connectivity index (χ1v) is 14.8. The monoisotopic (exact) mass is 625 g/mol. The Morgan fingerprint density at radius 3 is 1.98 bits per heavy atom. The van der Waals surface area contributed by atoms with E-state index in [1.165, 1.54) is 25.7 Å².